The summed E-state index contributed by atoms with van der Waals surface area (Å²) >= 11 is 7.48. The van der Waals surface area contributed by atoms with Gasteiger partial charge in [0.1, 0.15) is 0 Å². The molecule has 0 spiro atoms. The van der Waals surface area contributed by atoms with Gasteiger partial charge in [-0.2, -0.15) is 0 Å². The van der Waals surface area contributed by atoms with E-state index in [1.54, 1.807) is 11.3 Å². The van der Waals surface area contributed by atoms with E-state index in [0.29, 0.717) is 12.5 Å². The first-order chi connectivity index (χ1) is 7.24. The smallest absolute Gasteiger partial charge is 0.220 e. The number of rotatable bonds is 3. The summed E-state index contributed by atoms with van der Waals surface area (Å²) in [4.78, 5) is 12.2. The number of hydrogen-bond acceptors (Lipinski definition) is 3. The van der Waals surface area contributed by atoms with E-state index in [9.17, 15) is 4.79 Å². The Bertz CT molecular complexity index is 343. The van der Waals surface area contributed by atoms with Crippen molar-refractivity contribution in [1.82, 2.24) is 10.6 Å². The molecule has 0 aliphatic carbocycles. The Labute approximate surface area is 97.8 Å². The van der Waals surface area contributed by atoms with E-state index in [1.807, 2.05) is 11.4 Å². The van der Waals surface area contributed by atoms with E-state index in [1.165, 1.54) is 4.88 Å². The Morgan fingerprint density at radius 2 is 2.53 bits per heavy atom. The average Bonchev–Trinajstić information content (AvgIpc) is 2.64. The van der Waals surface area contributed by atoms with Crippen molar-refractivity contribution in [3.8, 4) is 0 Å². The molecule has 2 rings (SSSR count). The summed E-state index contributed by atoms with van der Waals surface area (Å²) in [6.45, 7) is 1.57. The van der Waals surface area contributed by atoms with Crippen molar-refractivity contribution in [1.29, 1.82) is 0 Å². The fourth-order valence-corrected chi connectivity index (χ4v) is 2.62. The fraction of sp³-hybridized carbons (Fsp3) is 0.500. The highest BCUT2D eigenvalue weighted by atomic mass is 35.5. The molecule has 0 radical (unpaired) electrons. The maximum atomic E-state index is 10.9. The first-order valence-electron chi connectivity index (χ1n) is 4.97. The van der Waals surface area contributed by atoms with Gasteiger partial charge in [-0.3, -0.25) is 4.79 Å². The highest BCUT2D eigenvalue weighted by molar-refractivity contribution is 7.10. The van der Waals surface area contributed by atoms with Crippen LogP contribution in [-0.2, 0) is 11.3 Å². The Morgan fingerprint density at radius 1 is 1.67 bits per heavy atom. The maximum absolute atomic E-state index is 10.9. The number of carbonyl (C=O) groups is 1. The number of hydrogen-bond donors (Lipinski definition) is 2. The van der Waals surface area contributed by atoms with Crippen molar-refractivity contribution in [2.75, 3.05) is 6.54 Å². The van der Waals surface area contributed by atoms with Gasteiger partial charge < -0.3 is 10.6 Å². The largest absolute Gasteiger partial charge is 0.355 e. The summed E-state index contributed by atoms with van der Waals surface area (Å²) in [6, 6.07) is 2.37. The Morgan fingerprint density at radius 3 is 3.13 bits per heavy atom. The number of carbonyl (C=O) groups excluding carboxylic acids is 1. The van der Waals surface area contributed by atoms with Crippen molar-refractivity contribution in [3.63, 3.8) is 0 Å². The molecule has 1 unspecified atom stereocenters. The van der Waals surface area contributed by atoms with E-state index in [0.717, 1.165) is 24.5 Å². The molecule has 1 aromatic heterocycles. The molecule has 1 aliphatic rings. The number of thiophene rings is 1. The van der Waals surface area contributed by atoms with Crippen LogP contribution in [0.25, 0.3) is 0 Å². The third-order valence-electron chi connectivity index (χ3n) is 2.45. The summed E-state index contributed by atoms with van der Waals surface area (Å²) in [6.07, 6.45) is 1.55. The minimum absolute atomic E-state index is 0.159. The molecule has 15 heavy (non-hydrogen) atoms. The zero-order valence-corrected chi connectivity index (χ0v) is 9.83. The lowest BCUT2D eigenvalue weighted by Gasteiger charge is -2.23. The van der Waals surface area contributed by atoms with E-state index in [4.69, 9.17) is 11.6 Å². The van der Waals surface area contributed by atoms with Gasteiger partial charge in [0.05, 0.1) is 5.02 Å². The lowest BCUT2D eigenvalue weighted by atomic mass is 10.1. The van der Waals surface area contributed by atoms with Gasteiger partial charge in [-0.1, -0.05) is 11.6 Å². The summed E-state index contributed by atoms with van der Waals surface area (Å²) in [5.74, 6) is 0.159. The van der Waals surface area contributed by atoms with Crippen LogP contribution in [0.3, 0.4) is 0 Å². The SMILES string of the molecule is O=C1CCC(NCc2cc(Cl)cs2)CN1. The van der Waals surface area contributed by atoms with Crippen molar-refractivity contribution in [2.24, 2.45) is 0 Å². The van der Waals surface area contributed by atoms with Crippen LogP contribution in [0.4, 0.5) is 0 Å². The van der Waals surface area contributed by atoms with Crippen LogP contribution in [-0.4, -0.2) is 18.5 Å². The van der Waals surface area contributed by atoms with Crippen LogP contribution >= 0.6 is 22.9 Å². The molecule has 1 saturated heterocycles. The molecule has 0 aromatic carbocycles. The second kappa shape index (κ2) is 4.96. The van der Waals surface area contributed by atoms with E-state index in [-0.39, 0.29) is 5.91 Å². The summed E-state index contributed by atoms with van der Waals surface area (Å²) in [7, 11) is 0. The molecule has 2 N–H and O–H groups in total. The molecule has 1 aromatic rings. The van der Waals surface area contributed by atoms with Crippen LogP contribution in [0.2, 0.25) is 5.02 Å². The van der Waals surface area contributed by atoms with Gasteiger partial charge >= 0.3 is 0 Å². The summed E-state index contributed by atoms with van der Waals surface area (Å²) in [5.41, 5.74) is 0. The molecule has 0 bridgehead atoms. The molecular weight excluding hydrogens is 232 g/mol. The van der Waals surface area contributed by atoms with E-state index < -0.39 is 0 Å². The molecular formula is C10H13ClN2OS. The molecule has 2 heterocycles. The van der Waals surface area contributed by atoms with Crippen molar-refractivity contribution in [2.45, 2.75) is 25.4 Å². The number of nitrogens with one attached hydrogen (secondary N) is 2. The minimum atomic E-state index is 0.159. The monoisotopic (exact) mass is 244 g/mol. The van der Waals surface area contributed by atoms with Crippen LogP contribution in [0.15, 0.2) is 11.4 Å². The number of piperidine rings is 1. The quantitative estimate of drug-likeness (QED) is 0.851. The lowest BCUT2D eigenvalue weighted by molar-refractivity contribution is -0.122. The fourth-order valence-electron chi connectivity index (χ4n) is 1.60. The van der Waals surface area contributed by atoms with Gasteiger partial charge in [0.25, 0.3) is 0 Å². The Balaban J connectivity index is 1.76. The highest BCUT2D eigenvalue weighted by Crippen LogP contribution is 2.19. The van der Waals surface area contributed by atoms with Crippen molar-refractivity contribution >= 4 is 28.8 Å². The van der Waals surface area contributed by atoms with Crippen molar-refractivity contribution < 1.29 is 4.79 Å². The van der Waals surface area contributed by atoms with Gasteiger partial charge in [-0.25, -0.2) is 0 Å². The van der Waals surface area contributed by atoms with Gasteiger partial charge in [0.15, 0.2) is 0 Å². The molecule has 82 valence electrons. The second-order valence-electron chi connectivity index (χ2n) is 3.65. The molecule has 1 fully saturated rings. The zero-order valence-electron chi connectivity index (χ0n) is 8.25. The molecule has 5 heteroatoms. The topological polar surface area (TPSA) is 41.1 Å². The zero-order chi connectivity index (χ0) is 10.7. The lowest BCUT2D eigenvalue weighted by Crippen LogP contribution is -2.45. The molecule has 0 saturated carbocycles. The Hall–Kier alpha value is -0.580. The van der Waals surface area contributed by atoms with E-state index in [2.05, 4.69) is 10.6 Å². The predicted octanol–water partition coefficient (Wildman–Crippen LogP) is 1.77. The highest BCUT2D eigenvalue weighted by Gasteiger charge is 2.17. The van der Waals surface area contributed by atoms with Crippen LogP contribution in [0.5, 0.6) is 0 Å². The number of halogens is 1. The maximum Gasteiger partial charge on any atom is 0.220 e. The number of amides is 1. The van der Waals surface area contributed by atoms with Gasteiger partial charge in [-0.15, -0.1) is 11.3 Å². The molecule has 1 amide bonds. The third-order valence-corrected chi connectivity index (χ3v) is 3.74. The summed E-state index contributed by atoms with van der Waals surface area (Å²) in [5, 5.41) is 8.99. The van der Waals surface area contributed by atoms with Gasteiger partial charge in [-0.05, 0) is 12.5 Å². The predicted molar refractivity (Wildman–Crippen MR) is 62.2 cm³/mol. The third kappa shape index (κ3) is 3.19. The summed E-state index contributed by atoms with van der Waals surface area (Å²) < 4.78 is 0. The minimum Gasteiger partial charge on any atom is -0.355 e. The molecule has 1 atom stereocenters. The van der Waals surface area contributed by atoms with Gasteiger partial charge in [0, 0.05) is 35.8 Å². The van der Waals surface area contributed by atoms with Crippen molar-refractivity contribution in [3.05, 3.63) is 21.3 Å². The second-order valence-corrected chi connectivity index (χ2v) is 5.08. The van der Waals surface area contributed by atoms with Gasteiger partial charge in [0.2, 0.25) is 5.91 Å². The molecule has 1 aliphatic heterocycles. The molecule has 3 nitrogen and oxygen atoms in total. The first kappa shape index (κ1) is 10.9. The standard InChI is InChI=1S/C10H13ClN2OS/c11-7-3-9(15-6-7)5-12-8-1-2-10(14)13-4-8/h3,6,8,12H,1-2,4-5H2,(H,13,14). The first-order valence-corrected chi connectivity index (χ1v) is 6.23. The van der Waals surface area contributed by atoms with E-state index >= 15 is 0 Å². The Kier molecular flexibility index (Phi) is 3.61. The van der Waals surface area contributed by atoms with Crippen LogP contribution in [0.1, 0.15) is 17.7 Å². The average molecular weight is 245 g/mol. The van der Waals surface area contributed by atoms with Crippen LogP contribution in [0, 0.1) is 0 Å². The normalized spacial score (nSPS) is 21.4. The van der Waals surface area contributed by atoms with Crippen LogP contribution < -0.4 is 10.6 Å².